The van der Waals surface area contributed by atoms with Crippen LogP contribution in [0.3, 0.4) is 0 Å². The number of hydrogen-bond acceptors (Lipinski definition) is 1. The molecule has 0 unspecified atom stereocenters. The molecule has 1 aliphatic rings. The molecule has 0 bridgehead atoms. The summed E-state index contributed by atoms with van der Waals surface area (Å²) in [6.07, 6.45) is 2.60. The normalized spacial score (nSPS) is 14.4. The summed E-state index contributed by atoms with van der Waals surface area (Å²) in [6.45, 7) is 2.86. The van der Waals surface area contributed by atoms with Crippen molar-refractivity contribution in [1.29, 1.82) is 0 Å². The second-order valence-corrected chi connectivity index (χ2v) is 5.38. The average molecular weight is 262 g/mol. The standard InChI is InChI=1S/C15H16ClNO/c1-10-7-11-9-12(3-2-5-16)17-6-4-14(18)13(8-10)15(11)17/h7-9H,2-6H2,1H3. The Hall–Kier alpha value is -1.28. The van der Waals surface area contributed by atoms with Crippen LogP contribution in [0.1, 0.15) is 34.5 Å². The molecule has 0 spiro atoms. The molecule has 1 aromatic carbocycles. The highest BCUT2D eigenvalue weighted by Gasteiger charge is 2.21. The summed E-state index contributed by atoms with van der Waals surface area (Å²) in [5.41, 5.74) is 4.49. The van der Waals surface area contributed by atoms with Gasteiger partial charge < -0.3 is 4.57 Å². The Balaban J connectivity index is 2.22. The zero-order valence-electron chi connectivity index (χ0n) is 10.5. The number of carbonyl (C=O) groups excluding carboxylic acids is 1. The maximum absolute atomic E-state index is 12.0. The van der Waals surface area contributed by atoms with E-state index < -0.39 is 0 Å². The Morgan fingerprint density at radius 1 is 1.33 bits per heavy atom. The van der Waals surface area contributed by atoms with Gasteiger partial charge in [-0.2, -0.15) is 0 Å². The minimum Gasteiger partial charge on any atom is -0.344 e. The summed E-state index contributed by atoms with van der Waals surface area (Å²) in [5, 5.41) is 1.20. The predicted molar refractivity (Wildman–Crippen MR) is 74.7 cm³/mol. The molecular weight excluding hydrogens is 246 g/mol. The van der Waals surface area contributed by atoms with Crippen LogP contribution in [0, 0.1) is 6.92 Å². The Morgan fingerprint density at radius 3 is 2.94 bits per heavy atom. The van der Waals surface area contributed by atoms with Gasteiger partial charge in [0.25, 0.3) is 0 Å². The maximum atomic E-state index is 12.0. The number of nitrogens with zero attached hydrogens (tertiary/aromatic N) is 1. The number of hydrogen-bond donors (Lipinski definition) is 0. The topological polar surface area (TPSA) is 22.0 Å². The molecule has 0 radical (unpaired) electrons. The third kappa shape index (κ3) is 1.76. The SMILES string of the molecule is Cc1cc2c3c(c1)cc(CCCCl)n3CCC2=O. The number of halogens is 1. The number of carbonyl (C=O) groups is 1. The number of benzene rings is 1. The van der Waals surface area contributed by atoms with Crippen molar-refractivity contribution in [1.82, 2.24) is 4.57 Å². The molecule has 2 aromatic rings. The van der Waals surface area contributed by atoms with Crippen LogP contribution in [-0.4, -0.2) is 16.2 Å². The number of aromatic nitrogens is 1. The quantitative estimate of drug-likeness (QED) is 0.772. The lowest BCUT2D eigenvalue weighted by Gasteiger charge is -2.17. The van der Waals surface area contributed by atoms with Gasteiger partial charge >= 0.3 is 0 Å². The number of aryl methyl sites for hydroxylation is 3. The molecule has 94 valence electrons. The van der Waals surface area contributed by atoms with Crippen molar-refractivity contribution >= 4 is 28.3 Å². The second kappa shape index (κ2) is 4.43. The van der Waals surface area contributed by atoms with E-state index in [1.165, 1.54) is 11.1 Å². The van der Waals surface area contributed by atoms with Crippen molar-refractivity contribution in [2.45, 2.75) is 32.7 Å². The van der Waals surface area contributed by atoms with Gasteiger partial charge in [-0.15, -0.1) is 11.6 Å². The third-order valence-corrected chi connectivity index (χ3v) is 3.92. The van der Waals surface area contributed by atoms with E-state index in [0.29, 0.717) is 12.3 Å². The molecule has 0 N–H and O–H groups in total. The van der Waals surface area contributed by atoms with E-state index in [2.05, 4.69) is 16.7 Å². The molecule has 18 heavy (non-hydrogen) atoms. The van der Waals surface area contributed by atoms with Crippen LogP contribution in [-0.2, 0) is 13.0 Å². The maximum Gasteiger partial charge on any atom is 0.166 e. The predicted octanol–water partition coefficient (Wildman–Crippen LogP) is 3.71. The molecule has 1 aromatic heterocycles. The fraction of sp³-hybridized carbons (Fsp3) is 0.400. The highest BCUT2D eigenvalue weighted by molar-refractivity contribution is 6.17. The molecule has 1 aliphatic heterocycles. The lowest BCUT2D eigenvalue weighted by molar-refractivity contribution is 0.0973. The van der Waals surface area contributed by atoms with Gasteiger partial charge in [0.2, 0.25) is 0 Å². The van der Waals surface area contributed by atoms with Crippen LogP contribution in [0.15, 0.2) is 18.2 Å². The van der Waals surface area contributed by atoms with Crippen molar-refractivity contribution in [3.63, 3.8) is 0 Å². The first-order valence-electron chi connectivity index (χ1n) is 6.42. The van der Waals surface area contributed by atoms with Crippen LogP contribution in [0.2, 0.25) is 0 Å². The fourth-order valence-corrected chi connectivity index (χ4v) is 3.02. The first kappa shape index (κ1) is 11.8. The van der Waals surface area contributed by atoms with Gasteiger partial charge in [-0.3, -0.25) is 4.79 Å². The van der Waals surface area contributed by atoms with Crippen molar-refractivity contribution in [3.8, 4) is 0 Å². The number of ketones is 1. The molecule has 0 amide bonds. The van der Waals surface area contributed by atoms with Gasteiger partial charge in [-0.05, 0) is 43.5 Å². The molecule has 0 aliphatic carbocycles. The monoisotopic (exact) mass is 261 g/mol. The largest absolute Gasteiger partial charge is 0.344 e. The summed E-state index contributed by atoms with van der Waals surface area (Å²) < 4.78 is 2.30. The molecule has 2 nitrogen and oxygen atoms in total. The summed E-state index contributed by atoms with van der Waals surface area (Å²) >= 11 is 5.78. The Kier molecular flexibility index (Phi) is 2.90. The van der Waals surface area contributed by atoms with Crippen molar-refractivity contribution in [3.05, 3.63) is 35.0 Å². The van der Waals surface area contributed by atoms with Gasteiger partial charge in [-0.25, -0.2) is 0 Å². The van der Waals surface area contributed by atoms with Crippen LogP contribution in [0.4, 0.5) is 0 Å². The van der Waals surface area contributed by atoms with Crippen LogP contribution < -0.4 is 0 Å². The molecule has 3 heteroatoms. The highest BCUT2D eigenvalue weighted by Crippen LogP contribution is 2.30. The van der Waals surface area contributed by atoms with Crippen molar-refractivity contribution in [2.24, 2.45) is 0 Å². The first-order chi connectivity index (χ1) is 8.70. The van der Waals surface area contributed by atoms with Crippen LogP contribution in [0.5, 0.6) is 0 Å². The van der Waals surface area contributed by atoms with Crippen LogP contribution in [0.25, 0.3) is 10.9 Å². The minimum atomic E-state index is 0.276. The van der Waals surface area contributed by atoms with E-state index in [4.69, 9.17) is 11.6 Å². The van der Waals surface area contributed by atoms with E-state index in [9.17, 15) is 4.79 Å². The van der Waals surface area contributed by atoms with E-state index >= 15 is 0 Å². The smallest absolute Gasteiger partial charge is 0.166 e. The molecular formula is C15H16ClNO. The van der Waals surface area contributed by atoms with Crippen LogP contribution >= 0.6 is 11.6 Å². The minimum absolute atomic E-state index is 0.276. The van der Waals surface area contributed by atoms with E-state index in [0.717, 1.165) is 36.0 Å². The lowest BCUT2D eigenvalue weighted by Crippen LogP contribution is -2.16. The Labute approximate surface area is 112 Å². The van der Waals surface area contributed by atoms with E-state index in [1.807, 2.05) is 13.0 Å². The van der Waals surface area contributed by atoms with Gasteiger partial charge in [0, 0.05) is 35.5 Å². The van der Waals surface area contributed by atoms with Gasteiger partial charge in [0.1, 0.15) is 0 Å². The number of Topliss-reactive ketones (excluding diaryl/α,β-unsaturated/α-hetero) is 1. The Morgan fingerprint density at radius 2 is 2.17 bits per heavy atom. The second-order valence-electron chi connectivity index (χ2n) is 5.00. The molecule has 3 rings (SSSR count). The fourth-order valence-electron chi connectivity index (χ4n) is 2.89. The summed E-state index contributed by atoms with van der Waals surface area (Å²) in [5.74, 6) is 0.963. The van der Waals surface area contributed by atoms with Gasteiger partial charge in [-0.1, -0.05) is 0 Å². The average Bonchev–Trinajstić information content (AvgIpc) is 2.69. The zero-order valence-corrected chi connectivity index (χ0v) is 11.3. The third-order valence-electron chi connectivity index (χ3n) is 3.65. The summed E-state index contributed by atoms with van der Waals surface area (Å²) in [4.78, 5) is 12.0. The summed E-state index contributed by atoms with van der Waals surface area (Å²) in [6, 6.07) is 6.40. The van der Waals surface area contributed by atoms with Crippen molar-refractivity contribution in [2.75, 3.05) is 5.88 Å². The molecule has 0 fully saturated rings. The molecule has 0 saturated carbocycles. The molecule has 2 heterocycles. The molecule has 0 saturated heterocycles. The lowest BCUT2D eigenvalue weighted by atomic mass is 10.00. The van der Waals surface area contributed by atoms with Gasteiger partial charge in [0.15, 0.2) is 5.78 Å². The van der Waals surface area contributed by atoms with Crippen molar-refractivity contribution < 1.29 is 4.79 Å². The number of alkyl halides is 1. The highest BCUT2D eigenvalue weighted by atomic mass is 35.5. The van der Waals surface area contributed by atoms with E-state index in [1.54, 1.807) is 0 Å². The zero-order chi connectivity index (χ0) is 12.7. The first-order valence-corrected chi connectivity index (χ1v) is 6.96. The number of rotatable bonds is 3. The van der Waals surface area contributed by atoms with E-state index in [-0.39, 0.29) is 5.78 Å². The van der Waals surface area contributed by atoms with Gasteiger partial charge in [0.05, 0.1) is 5.52 Å². The molecule has 0 atom stereocenters. The summed E-state index contributed by atoms with van der Waals surface area (Å²) in [7, 11) is 0. The Bertz CT molecular complexity index is 627.